The molecular formula is C17H9BrClF4N3. The van der Waals surface area contributed by atoms with Gasteiger partial charge in [0.15, 0.2) is 5.82 Å². The average molecular weight is 447 g/mol. The summed E-state index contributed by atoms with van der Waals surface area (Å²) in [5, 5.41) is 3.06. The molecule has 0 saturated carbocycles. The molecule has 0 atom stereocenters. The van der Waals surface area contributed by atoms with Crippen molar-refractivity contribution in [3.63, 3.8) is 0 Å². The first-order chi connectivity index (χ1) is 12.2. The van der Waals surface area contributed by atoms with Crippen molar-refractivity contribution in [3.05, 3.63) is 69.5 Å². The van der Waals surface area contributed by atoms with Gasteiger partial charge in [-0.25, -0.2) is 14.4 Å². The van der Waals surface area contributed by atoms with E-state index in [1.54, 1.807) is 0 Å². The van der Waals surface area contributed by atoms with Gasteiger partial charge in [0, 0.05) is 17.3 Å². The second-order valence-corrected chi connectivity index (χ2v) is 6.47. The Morgan fingerprint density at radius 1 is 0.962 bits per heavy atom. The van der Waals surface area contributed by atoms with Gasteiger partial charge in [-0.1, -0.05) is 23.7 Å². The Balaban J connectivity index is 1.91. The van der Waals surface area contributed by atoms with Gasteiger partial charge in [0.05, 0.1) is 10.0 Å². The average Bonchev–Trinajstić information content (AvgIpc) is 2.57. The second-order valence-electron chi connectivity index (χ2n) is 5.23. The maximum Gasteiger partial charge on any atom is 0.416 e. The molecule has 0 aliphatic rings. The predicted octanol–water partition coefficient (Wildman–Crippen LogP) is 6.46. The standard InChI is InChI=1S/C17H9BrClF4N3/c18-12-7-11(5-6-13(12)20)24-15-8-14(19)25-16(26-15)9-1-3-10(4-2-9)17(21,22)23/h1-8H,(H,24,25,26). The molecule has 1 aromatic heterocycles. The highest BCUT2D eigenvalue weighted by atomic mass is 79.9. The van der Waals surface area contributed by atoms with Gasteiger partial charge in [-0.15, -0.1) is 0 Å². The molecule has 0 fully saturated rings. The van der Waals surface area contributed by atoms with Gasteiger partial charge in [-0.3, -0.25) is 0 Å². The van der Waals surface area contributed by atoms with Crippen molar-refractivity contribution in [1.82, 2.24) is 9.97 Å². The van der Waals surface area contributed by atoms with E-state index in [0.29, 0.717) is 17.1 Å². The Bertz CT molecular complexity index is 946. The zero-order chi connectivity index (χ0) is 18.9. The topological polar surface area (TPSA) is 37.8 Å². The highest BCUT2D eigenvalue weighted by molar-refractivity contribution is 9.10. The Kier molecular flexibility index (Phi) is 5.15. The summed E-state index contributed by atoms with van der Waals surface area (Å²) in [6, 6.07) is 10.2. The largest absolute Gasteiger partial charge is 0.416 e. The first-order valence-electron chi connectivity index (χ1n) is 7.17. The zero-order valence-corrected chi connectivity index (χ0v) is 15.1. The minimum absolute atomic E-state index is 0.110. The van der Waals surface area contributed by atoms with E-state index in [9.17, 15) is 17.6 Å². The molecule has 134 valence electrons. The number of hydrogen-bond acceptors (Lipinski definition) is 3. The van der Waals surface area contributed by atoms with Crippen LogP contribution in [0.2, 0.25) is 5.15 Å². The molecule has 9 heteroatoms. The quantitative estimate of drug-likeness (QED) is 0.370. The number of hydrogen-bond donors (Lipinski definition) is 1. The number of benzene rings is 2. The van der Waals surface area contributed by atoms with Gasteiger partial charge >= 0.3 is 6.18 Å². The molecule has 0 aliphatic carbocycles. The number of aromatic nitrogens is 2. The Morgan fingerprint density at radius 3 is 2.27 bits per heavy atom. The fraction of sp³-hybridized carbons (Fsp3) is 0.0588. The van der Waals surface area contributed by atoms with Gasteiger partial charge in [0.25, 0.3) is 0 Å². The molecule has 1 N–H and O–H groups in total. The van der Waals surface area contributed by atoms with E-state index < -0.39 is 17.6 Å². The van der Waals surface area contributed by atoms with Gasteiger partial charge in [-0.2, -0.15) is 13.2 Å². The van der Waals surface area contributed by atoms with Gasteiger partial charge in [0.2, 0.25) is 0 Å². The first kappa shape index (κ1) is 18.6. The zero-order valence-electron chi connectivity index (χ0n) is 12.8. The molecule has 0 saturated heterocycles. The van der Waals surface area contributed by atoms with Gasteiger partial charge < -0.3 is 5.32 Å². The van der Waals surface area contributed by atoms with Crippen LogP contribution in [0.3, 0.4) is 0 Å². The number of alkyl halides is 3. The Morgan fingerprint density at radius 2 is 1.65 bits per heavy atom. The van der Waals surface area contributed by atoms with Crippen LogP contribution in [0.25, 0.3) is 11.4 Å². The normalized spacial score (nSPS) is 11.5. The third-order valence-electron chi connectivity index (χ3n) is 3.36. The fourth-order valence-electron chi connectivity index (χ4n) is 2.14. The molecular weight excluding hydrogens is 438 g/mol. The second kappa shape index (κ2) is 7.20. The van der Waals surface area contributed by atoms with Gasteiger partial charge in [-0.05, 0) is 46.3 Å². The Hall–Kier alpha value is -2.19. The van der Waals surface area contributed by atoms with Crippen molar-refractivity contribution >= 4 is 39.0 Å². The Labute approximate surface area is 159 Å². The summed E-state index contributed by atoms with van der Waals surface area (Å²) >= 11 is 9.07. The maximum atomic E-state index is 13.3. The summed E-state index contributed by atoms with van der Waals surface area (Å²) in [5.41, 5.74) is 0.160. The van der Waals surface area contributed by atoms with Crippen molar-refractivity contribution in [2.75, 3.05) is 5.32 Å². The molecule has 3 rings (SSSR count). The molecule has 2 aromatic carbocycles. The number of rotatable bonds is 3. The maximum absolute atomic E-state index is 13.3. The molecule has 0 aliphatic heterocycles. The van der Waals surface area contributed by atoms with E-state index in [-0.39, 0.29) is 15.5 Å². The minimum Gasteiger partial charge on any atom is -0.340 e. The summed E-state index contributed by atoms with van der Waals surface area (Å²) < 4.78 is 51.6. The van der Waals surface area contributed by atoms with Crippen LogP contribution in [0.4, 0.5) is 29.1 Å². The fourth-order valence-corrected chi connectivity index (χ4v) is 2.70. The lowest BCUT2D eigenvalue weighted by Gasteiger charge is -2.10. The molecule has 0 amide bonds. The summed E-state index contributed by atoms with van der Waals surface area (Å²) in [4.78, 5) is 8.28. The smallest absolute Gasteiger partial charge is 0.340 e. The third-order valence-corrected chi connectivity index (χ3v) is 4.16. The highest BCUT2D eigenvalue weighted by Crippen LogP contribution is 2.31. The SMILES string of the molecule is Fc1ccc(Nc2cc(Cl)nc(-c3ccc(C(F)(F)F)cc3)n2)cc1Br. The van der Waals surface area contributed by atoms with Crippen LogP contribution in [-0.4, -0.2) is 9.97 Å². The van der Waals surface area contributed by atoms with Crippen molar-refractivity contribution in [3.8, 4) is 11.4 Å². The molecule has 0 radical (unpaired) electrons. The van der Waals surface area contributed by atoms with E-state index in [0.717, 1.165) is 12.1 Å². The van der Waals surface area contributed by atoms with E-state index in [1.807, 2.05) is 0 Å². The third kappa shape index (κ3) is 4.31. The summed E-state index contributed by atoms with van der Waals surface area (Å²) in [5.74, 6) is 0.0648. The van der Waals surface area contributed by atoms with Crippen LogP contribution in [0.1, 0.15) is 5.56 Å². The minimum atomic E-state index is -4.42. The lowest BCUT2D eigenvalue weighted by atomic mass is 10.1. The molecule has 1 heterocycles. The predicted molar refractivity (Wildman–Crippen MR) is 94.9 cm³/mol. The first-order valence-corrected chi connectivity index (χ1v) is 8.34. The lowest BCUT2D eigenvalue weighted by molar-refractivity contribution is -0.137. The summed E-state index contributed by atoms with van der Waals surface area (Å²) in [6.07, 6.45) is -4.42. The number of halogens is 6. The molecule has 0 bridgehead atoms. The molecule has 3 aromatic rings. The van der Waals surface area contributed by atoms with Gasteiger partial charge in [0.1, 0.15) is 16.8 Å². The number of nitrogens with one attached hydrogen (secondary N) is 1. The van der Waals surface area contributed by atoms with E-state index >= 15 is 0 Å². The highest BCUT2D eigenvalue weighted by Gasteiger charge is 2.30. The van der Waals surface area contributed by atoms with Crippen LogP contribution in [0.15, 0.2) is 53.0 Å². The van der Waals surface area contributed by atoms with Crippen LogP contribution >= 0.6 is 27.5 Å². The summed E-state index contributed by atoms with van der Waals surface area (Å²) in [6.45, 7) is 0. The summed E-state index contributed by atoms with van der Waals surface area (Å²) in [7, 11) is 0. The molecule has 0 unspecified atom stereocenters. The van der Waals surface area contributed by atoms with Crippen LogP contribution in [-0.2, 0) is 6.18 Å². The van der Waals surface area contributed by atoms with Crippen LogP contribution < -0.4 is 5.32 Å². The molecule has 0 spiro atoms. The van der Waals surface area contributed by atoms with Crippen molar-refractivity contribution in [2.24, 2.45) is 0 Å². The van der Waals surface area contributed by atoms with Crippen molar-refractivity contribution in [2.45, 2.75) is 6.18 Å². The van der Waals surface area contributed by atoms with Crippen molar-refractivity contribution in [1.29, 1.82) is 0 Å². The monoisotopic (exact) mass is 445 g/mol. The molecule has 3 nitrogen and oxygen atoms in total. The number of nitrogens with zero attached hydrogens (tertiary/aromatic N) is 2. The van der Waals surface area contributed by atoms with Crippen LogP contribution in [0.5, 0.6) is 0 Å². The van der Waals surface area contributed by atoms with E-state index in [1.165, 1.54) is 36.4 Å². The lowest BCUT2D eigenvalue weighted by Crippen LogP contribution is -2.04. The number of anilines is 2. The van der Waals surface area contributed by atoms with E-state index in [4.69, 9.17) is 11.6 Å². The van der Waals surface area contributed by atoms with Crippen molar-refractivity contribution < 1.29 is 17.6 Å². The molecule has 26 heavy (non-hydrogen) atoms. The van der Waals surface area contributed by atoms with Crippen LogP contribution in [0, 0.1) is 5.82 Å². The van der Waals surface area contributed by atoms with E-state index in [2.05, 4.69) is 31.2 Å².